The normalized spacial score (nSPS) is 19.1. The molecule has 0 radical (unpaired) electrons. The minimum absolute atomic E-state index is 0.206. The van der Waals surface area contributed by atoms with Crippen molar-refractivity contribution in [1.29, 1.82) is 0 Å². The number of ether oxygens (including phenoxy) is 3. The molecule has 10 heteroatoms. The first-order chi connectivity index (χ1) is 15.1. The zero-order valence-corrected chi connectivity index (χ0v) is 17.1. The number of rotatable bonds is 8. The molecule has 0 saturated carbocycles. The van der Waals surface area contributed by atoms with Gasteiger partial charge in [-0.1, -0.05) is 13.3 Å². The minimum Gasteiger partial charge on any atom is -0.477 e. The van der Waals surface area contributed by atoms with Gasteiger partial charge in [0.2, 0.25) is 0 Å². The number of hydrogen-bond acceptors (Lipinski definition) is 3. The van der Waals surface area contributed by atoms with Gasteiger partial charge in [-0.2, -0.15) is 8.78 Å². The largest absolute Gasteiger partial charge is 0.477 e. The maximum atomic E-state index is 14.4. The predicted molar refractivity (Wildman–Crippen MR) is 100 cm³/mol. The van der Waals surface area contributed by atoms with Crippen molar-refractivity contribution in [2.24, 2.45) is 5.92 Å². The van der Waals surface area contributed by atoms with Crippen molar-refractivity contribution >= 4 is 0 Å². The zero-order valence-electron chi connectivity index (χ0n) is 17.1. The molecule has 2 atom stereocenters. The van der Waals surface area contributed by atoms with E-state index in [9.17, 15) is 30.7 Å². The van der Waals surface area contributed by atoms with Crippen LogP contribution in [0.2, 0.25) is 0 Å². The van der Waals surface area contributed by atoms with Crippen molar-refractivity contribution in [2.75, 3.05) is 13.2 Å². The monoisotopic (exact) mass is 466 g/mol. The van der Waals surface area contributed by atoms with E-state index >= 15 is 0 Å². The number of hydrogen-bond donors (Lipinski definition) is 0. The summed E-state index contributed by atoms with van der Waals surface area (Å²) in [4.78, 5) is 0. The molecule has 0 aliphatic carbocycles. The molecule has 1 heterocycles. The van der Waals surface area contributed by atoms with Gasteiger partial charge in [0.1, 0.15) is 5.75 Å². The lowest BCUT2D eigenvalue weighted by Crippen LogP contribution is -2.33. The lowest BCUT2D eigenvalue weighted by Gasteiger charge is -2.29. The average Bonchev–Trinajstić information content (AvgIpc) is 2.71. The Bertz CT molecular complexity index is 897. The summed E-state index contributed by atoms with van der Waals surface area (Å²) in [7, 11) is 0. The standard InChI is InChI=1S/C22H21F7O3/c1-2-3-12-4-5-19(30-10-12)13-6-17(25)21(18(26)7-13)31-11-22(28,29)32-14-8-15(23)20(27)16(24)9-14/h6-9,12,19H,2-5,10-11H2,1H3. The van der Waals surface area contributed by atoms with Crippen LogP contribution < -0.4 is 9.47 Å². The highest BCUT2D eigenvalue weighted by atomic mass is 19.3. The summed E-state index contributed by atoms with van der Waals surface area (Å²) in [6, 6.07) is 2.31. The van der Waals surface area contributed by atoms with E-state index < -0.39 is 59.4 Å². The predicted octanol–water partition coefficient (Wildman–Crippen LogP) is 6.70. The van der Waals surface area contributed by atoms with E-state index in [4.69, 9.17) is 4.74 Å². The molecule has 3 rings (SSSR count). The molecule has 1 saturated heterocycles. The summed E-state index contributed by atoms with van der Waals surface area (Å²) >= 11 is 0. The van der Waals surface area contributed by atoms with Gasteiger partial charge in [0.15, 0.2) is 41.4 Å². The molecule has 32 heavy (non-hydrogen) atoms. The Morgan fingerprint density at radius 2 is 1.56 bits per heavy atom. The SMILES string of the molecule is CCCC1CCC(c2cc(F)c(OCC(F)(F)Oc3cc(F)c(F)c(F)c3)c(F)c2)OC1. The fourth-order valence-electron chi connectivity index (χ4n) is 3.56. The van der Waals surface area contributed by atoms with Crippen LogP contribution in [0.25, 0.3) is 0 Å². The van der Waals surface area contributed by atoms with E-state index in [1.807, 2.05) is 0 Å². The summed E-state index contributed by atoms with van der Waals surface area (Å²) in [5.41, 5.74) is 0.225. The maximum absolute atomic E-state index is 14.4. The highest BCUT2D eigenvalue weighted by Gasteiger charge is 2.35. The molecule has 1 aliphatic heterocycles. The molecular formula is C22H21F7O3. The Hall–Kier alpha value is -2.49. The van der Waals surface area contributed by atoms with E-state index in [1.54, 1.807) is 0 Å². The molecule has 0 amide bonds. The maximum Gasteiger partial charge on any atom is 0.433 e. The topological polar surface area (TPSA) is 27.7 Å². The Labute approximate surface area is 180 Å². The summed E-state index contributed by atoms with van der Waals surface area (Å²) < 4.78 is 110. The van der Waals surface area contributed by atoms with Gasteiger partial charge < -0.3 is 14.2 Å². The quantitative estimate of drug-likeness (QED) is 0.320. The first-order valence-corrected chi connectivity index (χ1v) is 10.0. The van der Waals surface area contributed by atoms with E-state index in [1.165, 1.54) is 0 Å². The Morgan fingerprint density at radius 3 is 2.09 bits per heavy atom. The molecule has 0 aromatic heterocycles. The smallest absolute Gasteiger partial charge is 0.433 e. The third-order valence-corrected chi connectivity index (χ3v) is 5.07. The van der Waals surface area contributed by atoms with Gasteiger partial charge >= 0.3 is 6.11 Å². The van der Waals surface area contributed by atoms with Crippen molar-refractivity contribution < 1.29 is 44.9 Å². The Kier molecular flexibility index (Phi) is 7.53. The average molecular weight is 466 g/mol. The Morgan fingerprint density at radius 1 is 0.938 bits per heavy atom. The van der Waals surface area contributed by atoms with E-state index in [0.717, 1.165) is 31.4 Å². The van der Waals surface area contributed by atoms with Gasteiger partial charge in [-0.25, -0.2) is 22.0 Å². The lowest BCUT2D eigenvalue weighted by atomic mass is 9.92. The molecule has 0 spiro atoms. The first kappa shape index (κ1) is 24.2. The van der Waals surface area contributed by atoms with Crippen molar-refractivity contribution in [2.45, 2.75) is 44.8 Å². The van der Waals surface area contributed by atoms with Crippen LogP contribution >= 0.6 is 0 Å². The highest BCUT2D eigenvalue weighted by Crippen LogP contribution is 2.35. The summed E-state index contributed by atoms with van der Waals surface area (Å²) in [6.07, 6.45) is -1.33. The van der Waals surface area contributed by atoms with Crippen molar-refractivity contribution in [1.82, 2.24) is 0 Å². The van der Waals surface area contributed by atoms with Crippen LogP contribution in [0.1, 0.15) is 44.3 Å². The van der Waals surface area contributed by atoms with Crippen LogP contribution in [0, 0.1) is 35.0 Å². The second-order valence-corrected chi connectivity index (χ2v) is 7.60. The third-order valence-electron chi connectivity index (χ3n) is 5.07. The molecular weight excluding hydrogens is 445 g/mol. The minimum atomic E-state index is -4.23. The van der Waals surface area contributed by atoms with Gasteiger partial charge in [-0.15, -0.1) is 0 Å². The molecule has 0 bridgehead atoms. The molecule has 0 N–H and O–H groups in total. The molecule has 3 nitrogen and oxygen atoms in total. The van der Waals surface area contributed by atoms with E-state index in [2.05, 4.69) is 16.4 Å². The van der Waals surface area contributed by atoms with Crippen LogP contribution in [-0.4, -0.2) is 19.3 Å². The molecule has 2 aromatic rings. The molecule has 1 fully saturated rings. The second kappa shape index (κ2) is 9.97. The summed E-state index contributed by atoms with van der Waals surface area (Å²) in [5, 5.41) is 0. The van der Waals surface area contributed by atoms with Crippen molar-refractivity contribution in [3.05, 3.63) is 58.9 Å². The second-order valence-electron chi connectivity index (χ2n) is 7.60. The highest BCUT2D eigenvalue weighted by molar-refractivity contribution is 5.33. The van der Waals surface area contributed by atoms with Crippen molar-refractivity contribution in [3.8, 4) is 11.5 Å². The van der Waals surface area contributed by atoms with Crippen LogP contribution in [0.15, 0.2) is 24.3 Å². The lowest BCUT2D eigenvalue weighted by molar-refractivity contribution is -0.196. The third kappa shape index (κ3) is 5.85. The van der Waals surface area contributed by atoms with Crippen molar-refractivity contribution in [3.63, 3.8) is 0 Å². The molecule has 1 aliphatic rings. The summed E-state index contributed by atoms with van der Waals surface area (Å²) in [5.74, 6) is -9.47. The molecule has 2 aromatic carbocycles. The zero-order chi connectivity index (χ0) is 23.5. The van der Waals surface area contributed by atoms with Gasteiger partial charge in [-0.05, 0) is 42.9 Å². The molecule has 176 valence electrons. The van der Waals surface area contributed by atoms with Gasteiger partial charge in [0.05, 0.1) is 12.7 Å². The van der Waals surface area contributed by atoms with Crippen LogP contribution in [0.3, 0.4) is 0 Å². The molecule has 2 unspecified atom stereocenters. The van der Waals surface area contributed by atoms with E-state index in [-0.39, 0.29) is 17.7 Å². The first-order valence-electron chi connectivity index (χ1n) is 10.0. The van der Waals surface area contributed by atoms with E-state index in [0.29, 0.717) is 18.9 Å². The van der Waals surface area contributed by atoms with Gasteiger partial charge in [-0.3, -0.25) is 0 Å². The van der Waals surface area contributed by atoms with Crippen LogP contribution in [-0.2, 0) is 4.74 Å². The van der Waals surface area contributed by atoms with Gasteiger partial charge in [0, 0.05) is 12.1 Å². The number of alkyl halides is 2. The van der Waals surface area contributed by atoms with Crippen LogP contribution in [0.4, 0.5) is 30.7 Å². The number of halogens is 7. The van der Waals surface area contributed by atoms with Crippen LogP contribution in [0.5, 0.6) is 11.5 Å². The fraction of sp³-hybridized carbons (Fsp3) is 0.455. The number of benzene rings is 2. The Balaban J connectivity index is 1.65. The fourth-order valence-corrected chi connectivity index (χ4v) is 3.56. The summed E-state index contributed by atoms with van der Waals surface area (Å²) in [6.45, 7) is 0.855. The van der Waals surface area contributed by atoms with Gasteiger partial charge in [0.25, 0.3) is 0 Å².